The molecule has 0 aromatic rings. The van der Waals surface area contributed by atoms with Gasteiger partial charge >= 0.3 is 0 Å². The van der Waals surface area contributed by atoms with Gasteiger partial charge in [-0.2, -0.15) is 0 Å². The number of terminal acetylenes is 1. The van der Waals surface area contributed by atoms with Crippen molar-refractivity contribution in [2.75, 3.05) is 19.8 Å². The molecule has 2 nitrogen and oxygen atoms in total. The third kappa shape index (κ3) is 6.21. The second kappa shape index (κ2) is 8.58. The molecule has 1 unspecified atom stereocenters. The second-order valence-electron chi connectivity index (χ2n) is 2.63. The summed E-state index contributed by atoms with van der Waals surface area (Å²) in [6.45, 7) is 6.66. The molecule has 1 N–H and O–H groups in total. The first-order chi connectivity index (χ1) is 5.85. The highest BCUT2D eigenvalue weighted by Gasteiger charge is 1.98. The lowest BCUT2D eigenvalue weighted by Crippen LogP contribution is -2.28. The molecular weight excluding hydrogens is 150 g/mol. The summed E-state index contributed by atoms with van der Waals surface area (Å²) in [6.07, 6.45) is 7.31. The maximum Gasteiger partial charge on any atom is 0.0684 e. The van der Waals surface area contributed by atoms with Gasteiger partial charge in [-0.15, -0.1) is 6.42 Å². The van der Waals surface area contributed by atoms with Crippen LogP contribution in [-0.4, -0.2) is 25.8 Å². The Hall–Kier alpha value is -0.520. The monoisotopic (exact) mass is 169 g/mol. The van der Waals surface area contributed by atoms with Gasteiger partial charge in [0.25, 0.3) is 0 Å². The first-order valence-electron chi connectivity index (χ1n) is 4.62. The van der Waals surface area contributed by atoms with Gasteiger partial charge in [0, 0.05) is 13.2 Å². The maximum absolute atomic E-state index is 5.28. The molecule has 0 saturated carbocycles. The van der Waals surface area contributed by atoms with Gasteiger partial charge in [-0.3, -0.25) is 0 Å². The molecule has 0 fully saturated rings. The number of hydrogen-bond donors (Lipinski definition) is 1. The van der Waals surface area contributed by atoms with Gasteiger partial charge in [0.2, 0.25) is 0 Å². The third-order valence-corrected chi connectivity index (χ3v) is 1.67. The van der Waals surface area contributed by atoms with Crippen LogP contribution in [0.3, 0.4) is 0 Å². The second-order valence-corrected chi connectivity index (χ2v) is 2.63. The molecule has 0 saturated heterocycles. The van der Waals surface area contributed by atoms with E-state index in [-0.39, 0.29) is 6.04 Å². The summed E-state index contributed by atoms with van der Waals surface area (Å²) < 4.78 is 5.19. The predicted octanol–water partition coefficient (Wildman–Crippen LogP) is 1.41. The molecule has 12 heavy (non-hydrogen) atoms. The van der Waals surface area contributed by atoms with Crippen molar-refractivity contribution in [2.45, 2.75) is 32.7 Å². The van der Waals surface area contributed by atoms with Crippen molar-refractivity contribution in [2.24, 2.45) is 0 Å². The van der Waals surface area contributed by atoms with E-state index in [4.69, 9.17) is 11.2 Å². The van der Waals surface area contributed by atoms with Gasteiger partial charge in [0.05, 0.1) is 6.04 Å². The van der Waals surface area contributed by atoms with Crippen LogP contribution in [0, 0.1) is 12.3 Å². The predicted molar refractivity (Wildman–Crippen MR) is 52.0 cm³/mol. The largest absolute Gasteiger partial charge is 0.382 e. The van der Waals surface area contributed by atoms with Crippen LogP contribution < -0.4 is 5.32 Å². The van der Waals surface area contributed by atoms with E-state index in [2.05, 4.69) is 18.2 Å². The van der Waals surface area contributed by atoms with E-state index in [0.717, 1.165) is 32.6 Å². The molecule has 0 aromatic carbocycles. The summed E-state index contributed by atoms with van der Waals surface area (Å²) in [6, 6.07) is 0.228. The molecular formula is C10H19NO. The van der Waals surface area contributed by atoms with E-state index in [9.17, 15) is 0 Å². The molecule has 0 rings (SSSR count). The van der Waals surface area contributed by atoms with Crippen molar-refractivity contribution >= 4 is 0 Å². The maximum atomic E-state index is 5.28. The highest BCUT2D eigenvalue weighted by Crippen LogP contribution is 1.88. The quantitative estimate of drug-likeness (QED) is 0.459. The number of ether oxygens (including phenoxy) is 1. The Balaban J connectivity index is 3.13. The van der Waals surface area contributed by atoms with Crippen molar-refractivity contribution in [1.29, 1.82) is 0 Å². The zero-order valence-electron chi connectivity index (χ0n) is 8.10. The summed E-state index contributed by atoms with van der Waals surface area (Å²) in [4.78, 5) is 0. The van der Waals surface area contributed by atoms with Crippen LogP contribution in [0.4, 0.5) is 0 Å². The Kier molecular flexibility index (Phi) is 8.20. The van der Waals surface area contributed by atoms with Gasteiger partial charge in [-0.05, 0) is 26.3 Å². The van der Waals surface area contributed by atoms with Crippen LogP contribution >= 0.6 is 0 Å². The summed E-state index contributed by atoms with van der Waals surface area (Å²) in [5, 5.41) is 3.26. The molecule has 0 bridgehead atoms. The molecule has 0 spiro atoms. The Morgan fingerprint density at radius 2 is 2.25 bits per heavy atom. The molecule has 1 atom stereocenters. The Labute approximate surface area is 75.7 Å². The molecule has 0 amide bonds. The van der Waals surface area contributed by atoms with Gasteiger partial charge in [-0.25, -0.2) is 0 Å². The molecule has 0 aliphatic carbocycles. The van der Waals surface area contributed by atoms with Crippen molar-refractivity contribution in [3.63, 3.8) is 0 Å². The molecule has 0 heterocycles. The SMILES string of the molecule is C#CC(CC)NCCCOCC. The van der Waals surface area contributed by atoms with Crippen LogP contribution in [0.25, 0.3) is 0 Å². The molecule has 0 radical (unpaired) electrons. The van der Waals surface area contributed by atoms with Crippen LogP contribution in [0.15, 0.2) is 0 Å². The van der Waals surface area contributed by atoms with E-state index in [1.54, 1.807) is 0 Å². The van der Waals surface area contributed by atoms with Crippen LogP contribution in [0.1, 0.15) is 26.7 Å². The lowest BCUT2D eigenvalue weighted by Gasteiger charge is -2.09. The molecule has 0 aromatic heterocycles. The fraction of sp³-hybridized carbons (Fsp3) is 0.800. The highest BCUT2D eigenvalue weighted by molar-refractivity contribution is 4.97. The minimum Gasteiger partial charge on any atom is -0.382 e. The van der Waals surface area contributed by atoms with Gasteiger partial charge in [-0.1, -0.05) is 12.8 Å². The molecule has 70 valence electrons. The van der Waals surface area contributed by atoms with Crippen molar-refractivity contribution < 1.29 is 4.74 Å². The lowest BCUT2D eigenvalue weighted by atomic mass is 10.2. The van der Waals surface area contributed by atoms with Crippen molar-refractivity contribution in [1.82, 2.24) is 5.32 Å². The minimum absolute atomic E-state index is 0.228. The average molecular weight is 169 g/mol. The lowest BCUT2D eigenvalue weighted by molar-refractivity contribution is 0.144. The number of nitrogens with one attached hydrogen (secondary N) is 1. The normalized spacial score (nSPS) is 12.4. The molecule has 0 aliphatic rings. The van der Waals surface area contributed by atoms with Crippen LogP contribution in [0.2, 0.25) is 0 Å². The summed E-state index contributed by atoms with van der Waals surface area (Å²) in [7, 11) is 0. The standard InChI is InChI=1S/C10H19NO/c1-4-10(5-2)11-8-7-9-12-6-3/h1,10-11H,5-9H2,2-3H3. The third-order valence-electron chi connectivity index (χ3n) is 1.67. The first kappa shape index (κ1) is 11.5. The Morgan fingerprint density at radius 1 is 1.50 bits per heavy atom. The Morgan fingerprint density at radius 3 is 2.75 bits per heavy atom. The fourth-order valence-corrected chi connectivity index (χ4v) is 0.916. The Bertz CT molecular complexity index is 128. The van der Waals surface area contributed by atoms with Crippen LogP contribution in [-0.2, 0) is 4.74 Å². The molecule has 2 heteroatoms. The van der Waals surface area contributed by atoms with E-state index in [1.807, 2.05) is 6.92 Å². The van der Waals surface area contributed by atoms with Gasteiger partial charge in [0.15, 0.2) is 0 Å². The number of rotatable bonds is 7. The average Bonchev–Trinajstić information content (AvgIpc) is 2.11. The first-order valence-corrected chi connectivity index (χ1v) is 4.62. The van der Waals surface area contributed by atoms with Crippen molar-refractivity contribution in [3.05, 3.63) is 0 Å². The van der Waals surface area contributed by atoms with E-state index in [1.165, 1.54) is 0 Å². The summed E-state index contributed by atoms with van der Waals surface area (Å²) in [5.74, 6) is 2.69. The topological polar surface area (TPSA) is 21.3 Å². The smallest absolute Gasteiger partial charge is 0.0684 e. The van der Waals surface area contributed by atoms with Crippen molar-refractivity contribution in [3.8, 4) is 12.3 Å². The summed E-state index contributed by atoms with van der Waals surface area (Å²) in [5.41, 5.74) is 0. The highest BCUT2D eigenvalue weighted by atomic mass is 16.5. The van der Waals surface area contributed by atoms with E-state index in [0.29, 0.717) is 0 Å². The summed E-state index contributed by atoms with van der Waals surface area (Å²) >= 11 is 0. The van der Waals surface area contributed by atoms with Gasteiger partial charge in [0.1, 0.15) is 0 Å². The zero-order chi connectivity index (χ0) is 9.23. The van der Waals surface area contributed by atoms with E-state index >= 15 is 0 Å². The molecule has 0 aliphatic heterocycles. The van der Waals surface area contributed by atoms with E-state index < -0.39 is 0 Å². The number of hydrogen-bond acceptors (Lipinski definition) is 2. The fourth-order valence-electron chi connectivity index (χ4n) is 0.916. The van der Waals surface area contributed by atoms with Crippen LogP contribution in [0.5, 0.6) is 0 Å². The van der Waals surface area contributed by atoms with Gasteiger partial charge < -0.3 is 10.1 Å². The minimum atomic E-state index is 0.228. The zero-order valence-corrected chi connectivity index (χ0v) is 8.10.